The summed E-state index contributed by atoms with van der Waals surface area (Å²) in [6.45, 7) is 4.14. The number of rotatable bonds is 9. The van der Waals surface area contributed by atoms with Crippen LogP contribution in [0.2, 0.25) is 0 Å². The van der Waals surface area contributed by atoms with E-state index in [2.05, 4.69) is 5.32 Å². The number of esters is 1. The van der Waals surface area contributed by atoms with Gasteiger partial charge in [0.05, 0.1) is 12.7 Å². The van der Waals surface area contributed by atoms with Crippen molar-refractivity contribution in [3.05, 3.63) is 23.8 Å². The molecule has 1 aromatic rings. The summed E-state index contributed by atoms with van der Waals surface area (Å²) < 4.78 is 35.7. The van der Waals surface area contributed by atoms with Crippen molar-refractivity contribution in [1.29, 1.82) is 0 Å². The van der Waals surface area contributed by atoms with Gasteiger partial charge in [-0.05, 0) is 30.5 Å². The zero-order valence-corrected chi connectivity index (χ0v) is 16.6. The molecule has 1 N–H and O–H groups in total. The van der Waals surface area contributed by atoms with Crippen LogP contribution in [-0.4, -0.2) is 59.0 Å². The van der Waals surface area contributed by atoms with Crippen molar-refractivity contribution >= 4 is 21.9 Å². The second-order valence-electron chi connectivity index (χ2n) is 6.26. The predicted molar refractivity (Wildman–Crippen MR) is 96.6 cm³/mol. The number of nitrogens with zero attached hydrogens (tertiary/aromatic N) is 1. The highest BCUT2D eigenvalue weighted by Gasteiger charge is 2.24. The number of hydrogen-bond acceptors (Lipinski definition) is 6. The molecule has 146 valence electrons. The number of methoxy groups -OCH3 is 1. The van der Waals surface area contributed by atoms with Gasteiger partial charge in [0.15, 0.2) is 6.61 Å². The fourth-order valence-corrected chi connectivity index (χ4v) is 3.04. The minimum atomic E-state index is -3.81. The van der Waals surface area contributed by atoms with Crippen LogP contribution >= 0.6 is 0 Å². The topological polar surface area (TPSA) is 102 Å². The van der Waals surface area contributed by atoms with E-state index in [9.17, 15) is 18.0 Å². The third kappa shape index (κ3) is 5.99. The second-order valence-corrected chi connectivity index (χ2v) is 8.38. The molecular formula is C17H26N2O6S. The average molecular weight is 386 g/mol. The molecular weight excluding hydrogens is 360 g/mol. The molecule has 1 aromatic carbocycles. The van der Waals surface area contributed by atoms with Crippen LogP contribution in [-0.2, 0) is 19.6 Å². The van der Waals surface area contributed by atoms with E-state index in [1.165, 1.54) is 39.4 Å². The Morgan fingerprint density at radius 1 is 1.23 bits per heavy atom. The summed E-state index contributed by atoms with van der Waals surface area (Å²) in [7, 11) is 0.283. The number of hydrogen-bond donors (Lipinski definition) is 1. The van der Waals surface area contributed by atoms with Crippen LogP contribution in [0.5, 0.6) is 5.75 Å². The van der Waals surface area contributed by atoms with E-state index in [1.54, 1.807) is 0 Å². The standard InChI is InChI=1S/C17H26N2O6S/c1-12(2)8-9-18-16(20)11-25-17(21)13-6-7-14(24-5)15(10-13)26(22,23)19(3)4/h6-7,10,12H,8-9,11H2,1-5H3,(H,18,20). The van der Waals surface area contributed by atoms with Gasteiger partial charge in [0.2, 0.25) is 10.0 Å². The predicted octanol–water partition coefficient (Wildman–Crippen LogP) is 1.26. The quantitative estimate of drug-likeness (QED) is 0.641. The van der Waals surface area contributed by atoms with Gasteiger partial charge in [-0.1, -0.05) is 13.8 Å². The van der Waals surface area contributed by atoms with Crippen LogP contribution in [0.15, 0.2) is 23.1 Å². The summed E-state index contributed by atoms with van der Waals surface area (Å²) in [5.41, 5.74) is 0.0150. The lowest BCUT2D eigenvalue weighted by atomic mass is 10.1. The van der Waals surface area contributed by atoms with Gasteiger partial charge in [-0.25, -0.2) is 17.5 Å². The molecule has 0 bridgehead atoms. The van der Waals surface area contributed by atoms with E-state index in [1.807, 2.05) is 13.8 Å². The molecule has 0 aliphatic heterocycles. The number of ether oxygens (including phenoxy) is 2. The normalized spacial score (nSPS) is 11.5. The number of nitrogens with one attached hydrogen (secondary N) is 1. The Kier molecular flexibility index (Phi) is 8.04. The number of amides is 1. The highest BCUT2D eigenvalue weighted by Crippen LogP contribution is 2.27. The van der Waals surface area contributed by atoms with Crippen molar-refractivity contribution in [3.63, 3.8) is 0 Å². The minimum absolute atomic E-state index is 0.0150. The number of benzene rings is 1. The third-order valence-electron chi connectivity index (χ3n) is 3.54. The highest BCUT2D eigenvalue weighted by atomic mass is 32.2. The third-order valence-corrected chi connectivity index (χ3v) is 5.37. The molecule has 0 atom stereocenters. The van der Waals surface area contributed by atoms with Gasteiger partial charge in [0.25, 0.3) is 5.91 Å². The zero-order chi connectivity index (χ0) is 19.9. The highest BCUT2D eigenvalue weighted by molar-refractivity contribution is 7.89. The minimum Gasteiger partial charge on any atom is -0.495 e. The summed E-state index contributed by atoms with van der Waals surface area (Å²) in [4.78, 5) is 23.6. The molecule has 0 aliphatic carbocycles. The molecule has 0 unspecified atom stereocenters. The van der Waals surface area contributed by atoms with Crippen molar-refractivity contribution in [3.8, 4) is 5.75 Å². The Balaban J connectivity index is 2.83. The van der Waals surface area contributed by atoms with Crippen molar-refractivity contribution in [2.24, 2.45) is 5.92 Å². The van der Waals surface area contributed by atoms with Gasteiger partial charge in [-0.15, -0.1) is 0 Å². The summed E-state index contributed by atoms with van der Waals surface area (Å²) in [6, 6.07) is 3.93. The largest absolute Gasteiger partial charge is 0.495 e. The first kappa shape index (κ1) is 21.9. The first-order valence-corrected chi connectivity index (χ1v) is 9.58. The van der Waals surface area contributed by atoms with E-state index in [-0.39, 0.29) is 16.2 Å². The molecule has 0 aliphatic rings. The molecule has 9 heteroatoms. The van der Waals surface area contributed by atoms with Crippen LogP contribution in [0.4, 0.5) is 0 Å². The molecule has 0 heterocycles. The molecule has 0 aromatic heterocycles. The van der Waals surface area contributed by atoms with Crippen LogP contribution in [0.1, 0.15) is 30.6 Å². The van der Waals surface area contributed by atoms with Gasteiger partial charge in [-0.3, -0.25) is 4.79 Å². The monoisotopic (exact) mass is 386 g/mol. The lowest BCUT2D eigenvalue weighted by Crippen LogP contribution is -2.30. The summed E-state index contributed by atoms with van der Waals surface area (Å²) in [5, 5.41) is 2.65. The molecule has 1 amide bonds. The van der Waals surface area contributed by atoms with E-state index in [0.29, 0.717) is 12.5 Å². The van der Waals surface area contributed by atoms with Gasteiger partial charge >= 0.3 is 5.97 Å². The maximum absolute atomic E-state index is 12.4. The summed E-state index contributed by atoms with van der Waals surface area (Å²) >= 11 is 0. The van der Waals surface area contributed by atoms with Crippen molar-refractivity contribution < 1.29 is 27.5 Å². The number of carbonyl (C=O) groups is 2. The molecule has 0 saturated heterocycles. The van der Waals surface area contributed by atoms with Gasteiger partial charge in [0.1, 0.15) is 10.6 Å². The summed E-state index contributed by atoms with van der Waals surface area (Å²) in [5.74, 6) is -0.633. The first-order chi connectivity index (χ1) is 12.1. The van der Waals surface area contributed by atoms with E-state index in [0.717, 1.165) is 10.7 Å². The van der Waals surface area contributed by atoms with Crippen molar-refractivity contribution in [1.82, 2.24) is 9.62 Å². The molecule has 0 saturated carbocycles. The summed E-state index contributed by atoms with van der Waals surface area (Å²) in [6.07, 6.45) is 0.823. The molecule has 0 spiro atoms. The fraction of sp³-hybridized carbons (Fsp3) is 0.529. The first-order valence-electron chi connectivity index (χ1n) is 8.14. The molecule has 26 heavy (non-hydrogen) atoms. The molecule has 8 nitrogen and oxygen atoms in total. The molecule has 0 radical (unpaired) electrons. The zero-order valence-electron chi connectivity index (χ0n) is 15.7. The van der Waals surface area contributed by atoms with Crippen LogP contribution < -0.4 is 10.1 Å². The van der Waals surface area contributed by atoms with Crippen LogP contribution in [0, 0.1) is 5.92 Å². The Labute approximate surface area is 154 Å². The Morgan fingerprint density at radius 3 is 2.42 bits per heavy atom. The Hall–Kier alpha value is -2.13. The fourth-order valence-electron chi connectivity index (χ4n) is 1.97. The van der Waals surface area contributed by atoms with Crippen LogP contribution in [0.25, 0.3) is 0 Å². The maximum atomic E-state index is 12.4. The van der Waals surface area contributed by atoms with E-state index >= 15 is 0 Å². The lowest BCUT2D eigenvalue weighted by Gasteiger charge is -2.15. The van der Waals surface area contributed by atoms with Crippen molar-refractivity contribution in [2.45, 2.75) is 25.2 Å². The Bertz CT molecular complexity index is 744. The van der Waals surface area contributed by atoms with Gasteiger partial charge < -0.3 is 14.8 Å². The van der Waals surface area contributed by atoms with Crippen LogP contribution in [0.3, 0.4) is 0 Å². The maximum Gasteiger partial charge on any atom is 0.338 e. The van der Waals surface area contributed by atoms with Crippen molar-refractivity contribution in [2.75, 3.05) is 34.4 Å². The van der Waals surface area contributed by atoms with E-state index < -0.39 is 28.5 Å². The average Bonchev–Trinajstić information content (AvgIpc) is 2.58. The molecule has 1 rings (SSSR count). The molecule has 0 fully saturated rings. The van der Waals surface area contributed by atoms with Gasteiger partial charge in [0, 0.05) is 20.6 Å². The second kappa shape index (κ2) is 9.54. The SMILES string of the molecule is COc1ccc(C(=O)OCC(=O)NCCC(C)C)cc1S(=O)(=O)N(C)C. The lowest BCUT2D eigenvalue weighted by molar-refractivity contribution is -0.124. The number of carbonyl (C=O) groups excluding carboxylic acids is 2. The smallest absolute Gasteiger partial charge is 0.338 e. The van der Waals surface area contributed by atoms with Gasteiger partial charge in [-0.2, -0.15) is 0 Å². The number of sulfonamides is 1. The Morgan fingerprint density at radius 2 is 1.88 bits per heavy atom. The van der Waals surface area contributed by atoms with E-state index in [4.69, 9.17) is 9.47 Å².